The molecule has 27 heavy (non-hydrogen) atoms. The molecule has 146 valence electrons. The van der Waals surface area contributed by atoms with E-state index in [-0.39, 0.29) is 6.42 Å². The van der Waals surface area contributed by atoms with Gasteiger partial charge in [0.05, 0.1) is 11.9 Å². The Balaban J connectivity index is 2.25. The molecule has 0 aliphatic rings. The highest BCUT2D eigenvalue weighted by atomic mass is 35.5. The van der Waals surface area contributed by atoms with Crippen molar-refractivity contribution in [1.29, 1.82) is 0 Å². The minimum absolute atomic E-state index is 0.276. The maximum atomic E-state index is 12.8. The lowest BCUT2D eigenvalue weighted by molar-refractivity contribution is -0.117. The highest BCUT2D eigenvalue weighted by Crippen LogP contribution is 2.27. The van der Waals surface area contributed by atoms with Gasteiger partial charge in [-0.2, -0.15) is 0 Å². The van der Waals surface area contributed by atoms with Gasteiger partial charge in [0.15, 0.2) is 4.34 Å². The van der Waals surface area contributed by atoms with Crippen molar-refractivity contribution in [3.63, 3.8) is 0 Å². The third-order valence-electron chi connectivity index (χ3n) is 3.37. The third kappa shape index (κ3) is 5.93. The molecular weight excluding hydrogens is 428 g/mol. The molecule has 0 bridgehead atoms. The molecule has 1 N–H and O–H groups in total. The van der Waals surface area contributed by atoms with Gasteiger partial charge in [0.2, 0.25) is 21.1 Å². The number of sulfonamides is 1. The van der Waals surface area contributed by atoms with E-state index >= 15 is 0 Å². The minimum Gasteiger partial charge on any atom is -0.299 e. The van der Waals surface area contributed by atoms with Crippen LogP contribution in [-0.2, 0) is 14.8 Å². The zero-order valence-corrected chi connectivity index (χ0v) is 18.0. The van der Waals surface area contributed by atoms with Gasteiger partial charge in [-0.05, 0) is 30.7 Å². The molecule has 0 fully saturated rings. The average molecular weight is 447 g/mol. The first-order valence-corrected chi connectivity index (χ1v) is 11.9. The number of hydrogen-bond donors (Lipinski definition) is 1. The zero-order chi connectivity index (χ0) is 20.0. The van der Waals surface area contributed by atoms with Crippen molar-refractivity contribution in [2.45, 2.75) is 23.7 Å². The lowest BCUT2D eigenvalue weighted by Gasteiger charge is -2.29. The molecule has 2 rings (SSSR count). The molecule has 0 saturated carbocycles. The standard InChI is InChI=1S/C16H19ClN4O3S3/c1-4-10-25-16-20-19-15(26-16)18-14(22)13(5-2)21(27(3,23)24)12-8-6-11(17)7-9-12/h4,6-9,13H,1,5,10H2,2-3H3,(H,18,19,22)/t13-/m0/s1. The van der Waals surface area contributed by atoms with Crippen molar-refractivity contribution >= 4 is 61.4 Å². The van der Waals surface area contributed by atoms with Gasteiger partial charge < -0.3 is 0 Å². The smallest absolute Gasteiger partial charge is 0.250 e. The predicted octanol–water partition coefficient (Wildman–Crippen LogP) is 3.65. The summed E-state index contributed by atoms with van der Waals surface area (Å²) >= 11 is 8.55. The average Bonchev–Trinajstić information content (AvgIpc) is 3.05. The van der Waals surface area contributed by atoms with E-state index in [1.165, 1.54) is 23.1 Å². The van der Waals surface area contributed by atoms with Crippen LogP contribution in [0.4, 0.5) is 10.8 Å². The summed E-state index contributed by atoms with van der Waals surface area (Å²) < 4.78 is 26.5. The van der Waals surface area contributed by atoms with E-state index in [2.05, 4.69) is 22.1 Å². The van der Waals surface area contributed by atoms with E-state index in [4.69, 9.17) is 11.6 Å². The zero-order valence-electron chi connectivity index (χ0n) is 14.8. The first-order valence-electron chi connectivity index (χ1n) is 7.89. The van der Waals surface area contributed by atoms with Crippen LogP contribution in [-0.4, -0.2) is 42.6 Å². The van der Waals surface area contributed by atoms with E-state index in [1.807, 2.05) is 0 Å². The number of nitrogens with one attached hydrogen (secondary N) is 1. The van der Waals surface area contributed by atoms with Crippen LogP contribution < -0.4 is 9.62 Å². The molecule has 2 aromatic rings. The fraction of sp³-hybridized carbons (Fsp3) is 0.312. The van der Waals surface area contributed by atoms with Crippen molar-refractivity contribution in [1.82, 2.24) is 10.2 Å². The quantitative estimate of drug-likeness (QED) is 0.359. The molecule has 11 heteroatoms. The van der Waals surface area contributed by atoms with Crippen LogP contribution in [0.15, 0.2) is 41.3 Å². The monoisotopic (exact) mass is 446 g/mol. The van der Waals surface area contributed by atoms with Crippen LogP contribution in [0.25, 0.3) is 0 Å². The molecule has 7 nitrogen and oxygen atoms in total. The van der Waals surface area contributed by atoms with E-state index in [0.717, 1.165) is 10.6 Å². The SMILES string of the molecule is C=CCSc1nnc(NC(=O)[C@H](CC)N(c2ccc(Cl)cc2)S(C)(=O)=O)s1. The number of rotatable bonds is 9. The van der Waals surface area contributed by atoms with Crippen LogP contribution in [0.1, 0.15) is 13.3 Å². The second kappa shape index (κ2) is 9.54. The Labute approximate surface area is 171 Å². The fourth-order valence-corrected chi connectivity index (χ4v) is 5.14. The molecule has 1 amide bonds. The number of hydrogen-bond acceptors (Lipinski definition) is 7. The topological polar surface area (TPSA) is 92.3 Å². The highest BCUT2D eigenvalue weighted by Gasteiger charge is 2.32. The normalized spacial score (nSPS) is 12.4. The molecule has 1 atom stereocenters. The summed E-state index contributed by atoms with van der Waals surface area (Å²) in [6.45, 7) is 5.38. The molecule has 0 unspecified atom stereocenters. The molecule has 0 aliphatic heterocycles. The molecule has 1 heterocycles. The van der Waals surface area contributed by atoms with Crippen LogP contribution in [0.5, 0.6) is 0 Å². The van der Waals surface area contributed by atoms with E-state index in [1.54, 1.807) is 37.3 Å². The van der Waals surface area contributed by atoms with Gasteiger partial charge in [0.1, 0.15) is 6.04 Å². The summed E-state index contributed by atoms with van der Waals surface area (Å²) in [5.41, 5.74) is 0.364. The number of aromatic nitrogens is 2. The summed E-state index contributed by atoms with van der Waals surface area (Å²) in [5.74, 6) is 0.202. The van der Waals surface area contributed by atoms with Gasteiger partial charge >= 0.3 is 0 Å². The number of thioether (sulfide) groups is 1. The third-order valence-corrected chi connectivity index (χ3v) is 6.77. The lowest BCUT2D eigenvalue weighted by Crippen LogP contribution is -2.46. The van der Waals surface area contributed by atoms with E-state index < -0.39 is 22.0 Å². The summed E-state index contributed by atoms with van der Waals surface area (Å²) in [6, 6.07) is 5.35. The maximum absolute atomic E-state index is 12.8. The highest BCUT2D eigenvalue weighted by molar-refractivity contribution is 8.01. The van der Waals surface area contributed by atoms with Crippen molar-refractivity contribution in [2.24, 2.45) is 0 Å². The molecule has 0 saturated heterocycles. The number of amides is 1. The summed E-state index contributed by atoms with van der Waals surface area (Å²) in [4.78, 5) is 12.8. The van der Waals surface area contributed by atoms with Gasteiger partial charge in [-0.1, -0.05) is 47.7 Å². The Hall–Kier alpha value is -1.62. The second-order valence-corrected chi connectivity index (χ2v) is 9.96. The second-order valence-electron chi connectivity index (χ2n) is 5.42. The lowest BCUT2D eigenvalue weighted by atomic mass is 10.2. The maximum Gasteiger partial charge on any atom is 0.250 e. The summed E-state index contributed by atoms with van der Waals surface area (Å²) in [5, 5.41) is 11.4. The molecule has 1 aromatic carbocycles. The first-order chi connectivity index (χ1) is 12.8. The van der Waals surface area contributed by atoms with Crippen molar-refractivity contribution in [3.05, 3.63) is 41.9 Å². The molecule has 0 radical (unpaired) electrons. The Kier molecular flexibility index (Phi) is 7.66. The van der Waals surface area contributed by atoms with Crippen LogP contribution in [0.2, 0.25) is 5.02 Å². The number of anilines is 2. The van der Waals surface area contributed by atoms with E-state index in [0.29, 0.717) is 25.9 Å². The molecule has 0 aliphatic carbocycles. The Morgan fingerprint density at radius 2 is 2.07 bits per heavy atom. The van der Waals surface area contributed by atoms with Crippen LogP contribution in [0.3, 0.4) is 0 Å². The Morgan fingerprint density at radius 1 is 1.41 bits per heavy atom. The minimum atomic E-state index is -3.70. The number of benzene rings is 1. The largest absolute Gasteiger partial charge is 0.299 e. The predicted molar refractivity (Wildman–Crippen MR) is 112 cm³/mol. The van der Waals surface area contributed by atoms with Gasteiger partial charge in [-0.25, -0.2) is 8.42 Å². The van der Waals surface area contributed by atoms with Gasteiger partial charge in [0, 0.05) is 10.8 Å². The fourth-order valence-electron chi connectivity index (χ4n) is 2.29. The Bertz CT molecular complexity index is 900. The van der Waals surface area contributed by atoms with Gasteiger partial charge in [-0.3, -0.25) is 14.4 Å². The molecule has 0 spiro atoms. The molecule has 1 aromatic heterocycles. The van der Waals surface area contributed by atoms with Crippen molar-refractivity contribution < 1.29 is 13.2 Å². The van der Waals surface area contributed by atoms with Gasteiger partial charge in [-0.15, -0.1) is 16.8 Å². The van der Waals surface area contributed by atoms with Crippen LogP contribution >= 0.6 is 34.7 Å². The summed E-state index contributed by atoms with van der Waals surface area (Å²) in [6.07, 6.45) is 3.08. The number of carbonyl (C=O) groups is 1. The number of nitrogens with zero attached hydrogens (tertiary/aromatic N) is 3. The first kappa shape index (κ1) is 21.7. The molecular formula is C16H19ClN4O3S3. The number of carbonyl (C=O) groups excluding carboxylic acids is 1. The van der Waals surface area contributed by atoms with E-state index in [9.17, 15) is 13.2 Å². The van der Waals surface area contributed by atoms with Gasteiger partial charge in [0.25, 0.3) is 0 Å². The summed E-state index contributed by atoms with van der Waals surface area (Å²) in [7, 11) is -3.70. The van der Waals surface area contributed by atoms with Crippen LogP contribution in [0, 0.1) is 0 Å². The van der Waals surface area contributed by atoms with Crippen molar-refractivity contribution in [2.75, 3.05) is 21.6 Å². The Morgan fingerprint density at radius 3 is 2.63 bits per heavy atom. The van der Waals surface area contributed by atoms with Crippen molar-refractivity contribution in [3.8, 4) is 0 Å². The number of halogens is 1.